The van der Waals surface area contributed by atoms with Crippen LogP contribution in [0, 0.1) is 6.92 Å². The Labute approximate surface area is 175 Å². The molecule has 28 heavy (non-hydrogen) atoms. The first-order valence-electron chi connectivity index (χ1n) is 10.4. The van der Waals surface area contributed by atoms with Gasteiger partial charge in [-0.2, -0.15) is 0 Å². The number of rotatable bonds is 5. The van der Waals surface area contributed by atoms with Crippen LogP contribution in [0.4, 0.5) is 0 Å². The van der Waals surface area contributed by atoms with E-state index in [1.807, 2.05) is 0 Å². The van der Waals surface area contributed by atoms with Gasteiger partial charge in [0.15, 0.2) is 0 Å². The van der Waals surface area contributed by atoms with Crippen LogP contribution in [0.5, 0.6) is 5.75 Å². The lowest BCUT2D eigenvalue weighted by Crippen LogP contribution is -2.57. The van der Waals surface area contributed by atoms with Crippen molar-refractivity contribution in [3.05, 3.63) is 53.1 Å². The zero-order chi connectivity index (χ0) is 20.9. The summed E-state index contributed by atoms with van der Waals surface area (Å²) < 4.78 is 6.86. The van der Waals surface area contributed by atoms with E-state index in [4.69, 9.17) is 4.43 Å². The van der Waals surface area contributed by atoms with E-state index in [1.54, 1.807) is 5.19 Å². The molecule has 2 aromatic rings. The van der Waals surface area contributed by atoms with Gasteiger partial charge in [0.05, 0.1) is 8.07 Å². The van der Waals surface area contributed by atoms with E-state index in [9.17, 15) is 0 Å². The quantitative estimate of drug-likeness (QED) is 0.603. The van der Waals surface area contributed by atoms with Gasteiger partial charge in [-0.25, -0.2) is 0 Å². The molecule has 4 heteroatoms. The molecule has 0 atom stereocenters. The van der Waals surface area contributed by atoms with Gasteiger partial charge in [0.25, 0.3) is 0 Å². The Morgan fingerprint density at radius 3 is 2.07 bits per heavy atom. The van der Waals surface area contributed by atoms with Crippen molar-refractivity contribution in [2.75, 3.05) is 0 Å². The van der Waals surface area contributed by atoms with Crippen LogP contribution in [0.1, 0.15) is 16.7 Å². The first-order chi connectivity index (χ1) is 12.8. The van der Waals surface area contributed by atoms with E-state index in [0.29, 0.717) is 0 Å². The van der Waals surface area contributed by atoms with Crippen LogP contribution in [0.2, 0.25) is 52.4 Å². The maximum absolute atomic E-state index is 6.86. The lowest BCUT2D eigenvalue weighted by atomic mass is 10.1. The van der Waals surface area contributed by atoms with Gasteiger partial charge in [-0.1, -0.05) is 80.8 Å². The summed E-state index contributed by atoms with van der Waals surface area (Å²) in [5.74, 6) is 1.24. The lowest BCUT2D eigenvalue weighted by molar-refractivity contribution is 0.565. The van der Waals surface area contributed by atoms with E-state index in [-0.39, 0.29) is 0 Å². The number of fused-ring (bicyclic) bond motifs is 1. The normalized spacial score (nSPS) is 14.3. The van der Waals surface area contributed by atoms with Crippen molar-refractivity contribution in [1.29, 1.82) is 0 Å². The second kappa shape index (κ2) is 7.15. The predicted molar refractivity (Wildman–Crippen MR) is 134 cm³/mol. The van der Waals surface area contributed by atoms with Gasteiger partial charge < -0.3 is 4.43 Å². The molecule has 0 aromatic heterocycles. The van der Waals surface area contributed by atoms with Gasteiger partial charge in [-0.3, -0.25) is 0 Å². The van der Waals surface area contributed by atoms with E-state index in [0.717, 1.165) is 6.42 Å². The first-order valence-corrected chi connectivity index (χ1v) is 20.3. The highest BCUT2D eigenvalue weighted by Gasteiger charge is 2.36. The molecule has 0 bridgehead atoms. The number of allylic oxidation sites excluding steroid dienone is 1. The van der Waals surface area contributed by atoms with Crippen LogP contribution in [-0.4, -0.2) is 24.5 Å². The van der Waals surface area contributed by atoms with Gasteiger partial charge in [-0.15, -0.1) is 0 Å². The molecule has 0 unspecified atom stereocenters. The third-order valence-corrected chi connectivity index (χ3v) is 11.9. The van der Waals surface area contributed by atoms with Crippen LogP contribution >= 0.6 is 0 Å². The molecule has 0 amide bonds. The Bertz CT molecular complexity index is 928. The summed E-state index contributed by atoms with van der Waals surface area (Å²) in [6.07, 6.45) is 5.72. The van der Waals surface area contributed by atoms with E-state index >= 15 is 0 Å². The van der Waals surface area contributed by atoms with Crippen molar-refractivity contribution in [3.8, 4) is 5.75 Å². The SMILES string of the molecule is Cc1cc([Si](C)(C)C)c(O[Si](C)(C)C)c([Si](C)(C)c2cccc3c2C=CC3)c1. The van der Waals surface area contributed by atoms with Gasteiger partial charge in [0.1, 0.15) is 13.8 Å². The van der Waals surface area contributed by atoms with Crippen molar-refractivity contribution in [3.63, 3.8) is 0 Å². The van der Waals surface area contributed by atoms with Crippen molar-refractivity contribution in [2.45, 2.75) is 65.7 Å². The molecule has 0 aliphatic heterocycles. The average molecular weight is 425 g/mol. The molecule has 1 aliphatic rings. The Morgan fingerprint density at radius 2 is 1.46 bits per heavy atom. The fraction of sp³-hybridized carbons (Fsp3) is 0.417. The molecule has 1 nitrogen and oxygen atoms in total. The topological polar surface area (TPSA) is 9.23 Å². The second-order valence-electron chi connectivity index (χ2n) is 10.8. The maximum atomic E-state index is 6.86. The summed E-state index contributed by atoms with van der Waals surface area (Å²) in [5.41, 5.74) is 4.32. The zero-order valence-corrected chi connectivity index (χ0v) is 22.2. The smallest absolute Gasteiger partial charge is 0.242 e. The van der Waals surface area contributed by atoms with Crippen molar-refractivity contribution >= 4 is 46.1 Å². The number of benzene rings is 2. The Morgan fingerprint density at radius 1 is 0.821 bits per heavy atom. The Hall–Kier alpha value is -1.37. The molecule has 0 saturated heterocycles. The monoisotopic (exact) mass is 424 g/mol. The van der Waals surface area contributed by atoms with Gasteiger partial charge >= 0.3 is 0 Å². The molecule has 1 aliphatic carbocycles. The number of hydrogen-bond donors (Lipinski definition) is 0. The van der Waals surface area contributed by atoms with Gasteiger partial charge in [0, 0.05) is 0 Å². The van der Waals surface area contributed by atoms with Crippen LogP contribution in [0.15, 0.2) is 36.4 Å². The molecule has 0 fully saturated rings. The van der Waals surface area contributed by atoms with E-state index < -0.39 is 24.5 Å². The average Bonchev–Trinajstić information content (AvgIpc) is 3.02. The third-order valence-electron chi connectivity index (χ3n) is 5.61. The van der Waals surface area contributed by atoms with Crippen LogP contribution in [-0.2, 0) is 6.42 Å². The summed E-state index contributed by atoms with van der Waals surface area (Å²) in [5, 5.41) is 4.53. The molecular formula is C24H36OSi3. The van der Waals surface area contributed by atoms with E-state index in [2.05, 4.69) is 102 Å². The van der Waals surface area contributed by atoms with Gasteiger partial charge in [0.2, 0.25) is 8.32 Å². The summed E-state index contributed by atoms with van der Waals surface area (Å²) in [7, 11) is -5.19. The highest BCUT2D eigenvalue weighted by atomic mass is 28.4. The Balaban J connectivity index is 2.30. The fourth-order valence-corrected chi connectivity index (χ4v) is 9.94. The van der Waals surface area contributed by atoms with Crippen LogP contribution < -0.4 is 20.0 Å². The van der Waals surface area contributed by atoms with Crippen LogP contribution in [0.25, 0.3) is 6.08 Å². The third kappa shape index (κ3) is 4.14. The summed E-state index contributed by atoms with van der Waals surface area (Å²) in [4.78, 5) is 0. The van der Waals surface area contributed by atoms with E-state index in [1.165, 1.54) is 32.8 Å². The molecule has 2 aromatic carbocycles. The fourth-order valence-electron chi connectivity index (χ4n) is 4.19. The van der Waals surface area contributed by atoms with Crippen molar-refractivity contribution < 1.29 is 4.43 Å². The maximum Gasteiger partial charge on any atom is 0.242 e. The minimum Gasteiger partial charge on any atom is -0.544 e. The molecule has 0 N–H and O–H groups in total. The van der Waals surface area contributed by atoms with Gasteiger partial charge in [-0.05, 0) is 59.7 Å². The standard InChI is InChI=1S/C24H36OSi3/c1-18-16-22(26(2,3)4)24(25-27(5,6)7)23(17-18)28(8,9)21-15-11-13-19-12-10-14-20(19)21/h10-11,13-17H,12H2,1-9H3. The molecule has 3 rings (SSSR count). The second-order valence-corrected chi connectivity index (χ2v) is 24.6. The van der Waals surface area contributed by atoms with Crippen LogP contribution in [0.3, 0.4) is 0 Å². The predicted octanol–water partition coefficient (Wildman–Crippen LogP) is 5.15. The highest BCUT2D eigenvalue weighted by Crippen LogP contribution is 2.25. The Kier molecular flexibility index (Phi) is 5.45. The largest absolute Gasteiger partial charge is 0.544 e. The van der Waals surface area contributed by atoms with Crippen molar-refractivity contribution in [1.82, 2.24) is 0 Å². The summed E-state index contributed by atoms with van der Waals surface area (Å²) in [6.45, 7) is 21.5. The minimum atomic E-state index is -1.93. The molecule has 0 heterocycles. The summed E-state index contributed by atoms with van der Waals surface area (Å²) >= 11 is 0. The zero-order valence-electron chi connectivity index (χ0n) is 19.2. The molecular weight excluding hydrogens is 389 g/mol. The molecule has 0 radical (unpaired) electrons. The molecule has 0 saturated carbocycles. The minimum absolute atomic E-state index is 1.07. The number of aryl methyl sites for hydroxylation is 1. The molecule has 150 valence electrons. The lowest BCUT2D eigenvalue weighted by Gasteiger charge is -2.35. The first kappa shape index (κ1) is 21.3. The van der Waals surface area contributed by atoms with Crippen molar-refractivity contribution in [2.24, 2.45) is 0 Å². The molecule has 0 spiro atoms. The number of hydrogen-bond acceptors (Lipinski definition) is 1. The highest BCUT2D eigenvalue weighted by molar-refractivity contribution is 7.02. The summed E-state index contributed by atoms with van der Waals surface area (Å²) in [6, 6.07) is 11.8.